The summed E-state index contributed by atoms with van der Waals surface area (Å²) in [5.74, 6) is 0. The summed E-state index contributed by atoms with van der Waals surface area (Å²) in [5, 5.41) is 12.2. The Morgan fingerprint density at radius 1 is 1.05 bits per heavy atom. The van der Waals surface area contributed by atoms with Crippen molar-refractivity contribution >= 4 is 0 Å². The van der Waals surface area contributed by atoms with Gasteiger partial charge in [-0.25, -0.2) is 0 Å². The standard InChI is InChI=1S/C17H18N2/c1-13-3-9-17(10-4-13)14(2)19-12-16-7-5-15(11-18)6-8-16/h3-10,14,19H,12H2,1-2H3. The molecule has 2 nitrogen and oxygen atoms in total. The zero-order chi connectivity index (χ0) is 13.7. The molecular weight excluding hydrogens is 232 g/mol. The Hall–Kier alpha value is -2.11. The van der Waals surface area contributed by atoms with Crippen molar-refractivity contribution in [2.45, 2.75) is 26.4 Å². The van der Waals surface area contributed by atoms with Crippen LogP contribution in [0.1, 0.15) is 35.2 Å². The number of rotatable bonds is 4. The van der Waals surface area contributed by atoms with Crippen molar-refractivity contribution in [1.82, 2.24) is 5.32 Å². The second-order valence-corrected chi connectivity index (χ2v) is 4.82. The molecule has 0 amide bonds. The summed E-state index contributed by atoms with van der Waals surface area (Å²) in [7, 11) is 0. The van der Waals surface area contributed by atoms with E-state index in [-0.39, 0.29) is 0 Å². The Morgan fingerprint density at radius 2 is 1.68 bits per heavy atom. The molecule has 0 saturated heterocycles. The zero-order valence-corrected chi connectivity index (χ0v) is 11.4. The smallest absolute Gasteiger partial charge is 0.0991 e. The van der Waals surface area contributed by atoms with Crippen molar-refractivity contribution in [3.63, 3.8) is 0 Å². The van der Waals surface area contributed by atoms with Gasteiger partial charge in [-0.15, -0.1) is 0 Å². The maximum absolute atomic E-state index is 8.75. The summed E-state index contributed by atoms with van der Waals surface area (Å²) in [6.45, 7) is 5.06. The molecule has 0 aliphatic carbocycles. The molecule has 0 aromatic heterocycles. The minimum atomic E-state index is 0.316. The van der Waals surface area contributed by atoms with Crippen LogP contribution in [0.3, 0.4) is 0 Å². The Labute approximate surface area is 114 Å². The van der Waals surface area contributed by atoms with Crippen molar-refractivity contribution in [2.75, 3.05) is 0 Å². The highest BCUT2D eigenvalue weighted by atomic mass is 14.9. The van der Waals surface area contributed by atoms with Crippen LogP contribution in [0.15, 0.2) is 48.5 Å². The average Bonchev–Trinajstić information content (AvgIpc) is 2.46. The summed E-state index contributed by atoms with van der Waals surface area (Å²) in [5.41, 5.74) is 4.47. The molecule has 0 bridgehead atoms. The maximum Gasteiger partial charge on any atom is 0.0991 e. The molecule has 0 aliphatic heterocycles. The van der Waals surface area contributed by atoms with Crippen LogP contribution < -0.4 is 5.32 Å². The molecule has 2 rings (SSSR count). The fourth-order valence-corrected chi connectivity index (χ4v) is 1.94. The molecule has 2 heteroatoms. The van der Waals surface area contributed by atoms with Crippen molar-refractivity contribution < 1.29 is 0 Å². The molecule has 2 aromatic rings. The fraction of sp³-hybridized carbons (Fsp3) is 0.235. The Bertz CT molecular complexity index is 562. The molecule has 0 saturated carbocycles. The van der Waals surface area contributed by atoms with Gasteiger partial charge in [0.15, 0.2) is 0 Å². The fourth-order valence-electron chi connectivity index (χ4n) is 1.94. The first-order valence-electron chi connectivity index (χ1n) is 6.48. The minimum absolute atomic E-state index is 0.316. The van der Waals surface area contributed by atoms with Gasteiger partial charge in [-0.3, -0.25) is 0 Å². The van der Waals surface area contributed by atoms with Gasteiger partial charge in [-0.1, -0.05) is 42.0 Å². The number of nitrogens with zero attached hydrogens (tertiary/aromatic N) is 1. The van der Waals surface area contributed by atoms with E-state index in [1.807, 2.05) is 24.3 Å². The Kier molecular flexibility index (Phi) is 4.33. The number of aryl methyl sites for hydroxylation is 1. The van der Waals surface area contributed by atoms with Crippen LogP contribution in [0.2, 0.25) is 0 Å². The number of nitriles is 1. The zero-order valence-electron chi connectivity index (χ0n) is 11.4. The number of nitrogens with one attached hydrogen (secondary N) is 1. The van der Waals surface area contributed by atoms with E-state index in [0.717, 1.165) is 6.54 Å². The first kappa shape index (κ1) is 13.3. The van der Waals surface area contributed by atoms with Gasteiger partial charge < -0.3 is 5.32 Å². The molecule has 0 radical (unpaired) electrons. The largest absolute Gasteiger partial charge is 0.306 e. The topological polar surface area (TPSA) is 35.8 Å². The van der Waals surface area contributed by atoms with E-state index in [1.165, 1.54) is 16.7 Å². The lowest BCUT2D eigenvalue weighted by molar-refractivity contribution is 0.574. The monoisotopic (exact) mass is 250 g/mol. The summed E-state index contributed by atoms with van der Waals surface area (Å²) in [6.07, 6.45) is 0. The first-order valence-corrected chi connectivity index (χ1v) is 6.48. The van der Waals surface area contributed by atoms with Crippen LogP contribution in [0.5, 0.6) is 0 Å². The summed E-state index contributed by atoms with van der Waals surface area (Å²) < 4.78 is 0. The molecule has 2 aromatic carbocycles. The summed E-state index contributed by atoms with van der Waals surface area (Å²) >= 11 is 0. The highest BCUT2D eigenvalue weighted by molar-refractivity contribution is 5.31. The summed E-state index contributed by atoms with van der Waals surface area (Å²) in [6, 6.07) is 18.7. The van der Waals surface area contributed by atoms with Gasteiger partial charge in [0.05, 0.1) is 11.6 Å². The van der Waals surface area contributed by atoms with E-state index < -0.39 is 0 Å². The third-order valence-corrected chi connectivity index (χ3v) is 3.27. The lowest BCUT2D eigenvalue weighted by Gasteiger charge is -2.14. The van der Waals surface area contributed by atoms with Gasteiger partial charge in [0.25, 0.3) is 0 Å². The van der Waals surface area contributed by atoms with Crippen molar-refractivity contribution in [2.24, 2.45) is 0 Å². The van der Waals surface area contributed by atoms with Gasteiger partial charge in [0.1, 0.15) is 0 Å². The van der Waals surface area contributed by atoms with Gasteiger partial charge in [-0.2, -0.15) is 5.26 Å². The van der Waals surface area contributed by atoms with Crippen LogP contribution in [0.4, 0.5) is 0 Å². The van der Waals surface area contributed by atoms with Crippen LogP contribution in [0, 0.1) is 18.3 Å². The molecule has 96 valence electrons. The van der Waals surface area contributed by atoms with Crippen molar-refractivity contribution in [3.8, 4) is 6.07 Å². The maximum atomic E-state index is 8.75. The number of benzene rings is 2. The minimum Gasteiger partial charge on any atom is -0.306 e. The second kappa shape index (κ2) is 6.17. The SMILES string of the molecule is Cc1ccc(C(C)NCc2ccc(C#N)cc2)cc1. The lowest BCUT2D eigenvalue weighted by atomic mass is 10.1. The van der Waals surface area contributed by atoms with Gasteiger partial charge in [0, 0.05) is 12.6 Å². The molecule has 1 atom stereocenters. The van der Waals surface area contributed by atoms with Crippen molar-refractivity contribution in [3.05, 3.63) is 70.8 Å². The van der Waals surface area contributed by atoms with E-state index in [1.54, 1.807) is 0 Å². The normalized spacial score (nSPS) is 11.8. The molecule has 0 fully saturated rings. The molecule has 0 spiro atoms. The predicted octanol–water partition coefficient (Wildman–Crippen LogP) is 3.72. The van der Waals surface area contributed by atoms with E-state index in [2.05, 4.69) is 49.5 Å². The Balaban J connectivity index is 1.94. The molecule has 19 heavy (non-hydrogen) atoms. The third-order valence-electron chi connectivity index (χ3n) is 3.27. The van der Waals surface area contributed by atoms with Gasteiger partial charge in [0.2, 0.25) is 0 Å². The van der Waals surface area contributed by atoms with E-state index in [4.69, 9.17) is 5.26 Å². The predicted molar refractivity (Wildman–Crippen MR) is 77.6 cm³/mol. The second-order valence-electron chi connectivity index (χ2n) is 4.82. The Morgan fingerprint density at radius 3 is 2.26 bits per heavy atom. The van der Waals surface area contributed by atoms with Crippen LogP contribution in [-0.4, -0.2) is 0 Å². The third kappa shape index (κ3) is 3.67. The van der Waals surface area contributed by atoms with Crippen LogP contribution >= 0.6 is 0 Å². The summed E-state index contributed by atoms with van der Waals surface area (Å²) in [4.78, 5) is 0. The molecule has 1 unspecified atom stereocenters. The van der Waals surface area contributed by atoms with Crippen LogP contribution in [-0.2, 0) is 6.54 Å². The number of hydrogen-bond acceptors (Lipinski definition) is 2. The van der Waals surface area contributed by atoms with Crippen molar-refractivity contribution in [1.29, 1.82) is 5.26 Å². The first-order chi connectivity index (χ1) is 9.19. The molecular formula is C17H18N2. The van der Waals surface area contributed by atoms with Gasteiger partial charge >= 0.3 is 0 Å². The average molecular weight is 250 g/mol. The highest BCUT2D eigenvalue weighted by Crippen LogP contribution is 2.14. The quantitative estimate of drug-likeness (QED) is 0.897. The van der Waals surface area contributed by atoms with E-state index >= 15 is 0 Å². The van der Waals surface area contributed by atoms with E-state index in [9.17, 15) is 0 Å². The van der Waals surface area contributed by atoms with E-state index in [0.29, 0.717) is 11.6 Å². The van der Waals surface area contributed by atoms with Gasteiger partial charge in [-0.05, 0) is 37.1 Å². The molecule has 0 aliphatic rings. The lowest BCUT2D eigenvalue weighted by Crippen LogP contribution is -2.17. The number of hydrogen-bond donors (Lipinski definition) is 1. The highest BCUT2D eigenvalue weighted by Gasteiger charge is 2.04. The molecule has 0 heterocycles. The molecule has 1 N–H and O–H groups in total. The van der Waals surface area contributed by atoms with Crippen LogP contribution in [0.25, 0.3) is 0 Å².